The van der Waals surface area contributed by atoms with Crippen LogP contribution in [0.15, 0.2) is 24.3 Å². The summed E-state index contributed by atoms with van der Waals surface area (Å²) in [5, 5.41) is 6.69. The fourth-order valence-corrected chi connectivity index (χ4v) is 2.85. The van der Waals surface area contributed by atoms with Gasteiger partial charge in [0.15, 0.2) is 0 Å². The highest BCUT2D eigenvalue weighted by molar-refractivity contribution is 5.95. The molecule has 0 aliphatic rings. The summed E-state index contributed by atoms with van der Waals surface area (Å²) in [7, 11) is 0. The molecule has 6 nitrogen and oxygen atoms in total. The number of alkyl halides is 3. The van der Waals surface area contributed by atoms with Gasteiger partial charge < -0.3 is 15.8 Å². The third-order valence-electron chi connectivity index (χ3n) is 4.10. The van der Waals surface area contributed by atoms with Gasteiger partial charge in [0.1, 0.15) is 18.9 Å². The van der Waals surface area contributed by atoms with Gasteiger partial charge in [0.25, 0.3) is 0 Å². The maximum atomic E-state index is 12.7. The van der Waals surface area contributed by atoms with E-state index >= 15 is 0 Å². The average molecular weight is 421 g/mol. The Kier molecular flexibility index (Phi) is 8.31. The predicted molar refractivity (Wildman–Crippen MR) is 103 cm³/mol. The van der Waals surface area contributed by atoms with Crippen molar-refractivity contribution in [2.75, 3.05) is 18.5 Å². The molecule has 28 heavy (non-hydrogen) atoms. The number of nitrogens with one attached hydrogen (secondary N) is 1. The number of hydrogen-bond acceptors (Lipinski definition) is 4. The molecule has 0 spiro atoms. The summed E-state index contributed by atoms with van der Waals surface area (Å²) in [6, 6.07) is 6.77. The first kappa shape index (κ1) is 23.8. The van der Waals surface area contributed by atoms with Gasteiger partial charge in [-0.25, -0.2) is 0 Å². The number of aromatic nitrogens is 2. The fraction of sp³-hybridized carbons (Fsp3) is 0.444. The van der Waals surface area contributed by atoms with Crippen molar-refractivity contribution in [2.45, 2.75) is 39.4 Å². The molecular formula is C18H24ClF3N4O2. The Balaban J connectivity index is 0.00000392. The van der Waals surface area contributed by atoms with Gasteiger partial charge >= 0.3 is 6.18 Å². The Bertz CT molecular complexity index is 791. The first-order valence-electron chi connectivity index (χ1n) is 8.47. The number of hydrogen-bond donors (Lipinski definition) is 2. The molecule has 1 aromatic carbocycles. The Morgan fingerprint density at radius 2 is 1.89 bits per heavy atom. The van der Waals surface area contributed by atoms with Crippen LogP contribution >= 0.6 is 12.4 Å². The topological polar surface area (TPSA) is 82.2 Å². The van der Waals surface area contributed by atoms with E-state index in [1.165, 1.54) is 6.92 Å². The molecule has 0 aliphatic heterocycles. The second kappa shape index (κ2) is 9.79. The molecule has 0 saturated carbocycles. The Morgan fingerprint density at radius 1 is 1.29 bits per heavy atom. The molecule has 1 unspecified atom stereocenters. The Labute approximate surface area is 167 Å². The zero-order valence-electron chi connectivity index (χ0n) is 15.8. The smallest absolute Gasteiger partial charge is 0.408 e. The lowest BCUT2D eigenvalue weighted by atomic mass is 9.98. The summed E-state index contributed by atoms with van der Waals surface area (Å²) in [5.41, 5.74) is 7.17. The number of nitrogens with zero attached hydrogens (tertiary/aromatic N) is 2. The van der Waals surface area contributed by atoms with E-state index in [2.05, 4.69) is 10.4 Å². The van der Waals surface area contributed by atoms with Crippen LogP contribution in [-0.2, 0) is 11.3 Å². The predicted octanol–water partition coefficient (Wildman–Crippen LogP) is 3.56. The Hall–Kier alpha value is -2.26. The quantitative estimate of drug-likeness (QED) is 0.717. The minimum atomic E-state index is -4.38. The van der Waals surface area contributed by atoms with E-state index in [4.69, 9.17) is 10.5 Å². The SMILES string of the molecule is Cc1nn(CC(F)(F)F)c(C)c1C(C)C(=O)Nc1ccc(OCCN)cc1.Cl. The molecular weight excluding hydrogens is 397 g/mol. The third kappa shape index (κ3) is 6.13. The lowest BCUT2D eigenvalue weighted by molar-refractivity contribution is -0.143. The van der Waals surface area contributed by atoms with Crippen LogP contribution in [0.1, 0.15) is 29.8 Å². The average Bonchev–Trinajstić information content (AvgIpc) is 2.85. The van der Waals surface area contributed by atoms with Gasteiger partial charge in [-0.2, -0.15) is 18.3 Å². The van der Waals surface area contributed by atoms with Crippen molar-refractivity contribution >= 4 is 24.0 Å². The molecule has 0 fully saturated rings. The highest BCUT2D eigenvalue weighted by Crippen LogP contribution is 2.27. The van der Waals surface area contributed by atoms with Gasteiger partial charge in [0.2, 0.25) is 5.91 Å². The van der Waals surface area contributed by atoms with Crippen LogP contribution in [0.3, 0.4) is 0 Å². The number of amides is 1. The van der Waals surface area contributed by atoms with Crippen LogP contribution in [0.4, 0.5) is 18.9 Å². The number of carbonyl (C=O) groups excluding carboxylic acids is 1. The number of rotatable bonds is 7. The second-order valence-corrected chi connectivity index (χ2v) is 6.23. The van der Waals surface area contributed by atoms with Crippen molar-refractivity contribution in [3.05, 3.63) is 41.2 Å². The number of aryl methyl sites for hydroxylation is 1. The van der Waals surface area contributed by atoms with Crippen molar-refractivity contribution in [2.24, 2.45) is 5.73 Å². The molecule has 2 aromatic rings. The number of nitrogens with two attached hydrogens (primary N) is 1. The van der Waals surface area contributed by atoms with E-state index in [1.54, 1.807) is 38.1 Å². The van der Waals surface area contributed by atoms with Gasteiger partial charge in [-0.3, -0.25) is 9.48 Å². The standard InChI is InChI=1S/C18H23F3N4O2.ClH/c1-11(16-12(2)24-25(13(16)3)10-18(19,20)21)17(26)23-14-4-6-15(7-5-14)27-9-8-22;/h4-7,11H,8-10,22H2,1-3H3,(H,23,26);1H. The van der Waals surface area contributed by atoms with E-state index in [-0.39, 0.29) is 18.3 Å². The van der Waals surface area contributed by atoms with Crippen LogP contribution in [0.2, 0.25) is 0 Å². The molecule has 0 radical (unpaired) electrons. The van der Waals surface area contributed by atoms with Crippen molar-refractivity contribution in [1.29, 1.82) is 0 Å². The zero-order valence-corrected chi connectivity index (χ0v) is 16.7. The second-order valence-electron chi connectivity index (χ2n) is 6.23. The molecule has 2 rings (SSSR count). The highest BCUT2D eigenvalue weighted by Gasteiger charge is 2.31. The molecule has 0 bridgehead atoms. The van der Waals surface area contributed by atoms with Crippen molar-refractivity contribution in [1.82, 2.24) is 9.78 Å². The molecule has 10 heteroatoms. The lowest BCUT2D eigenvalue weighted by Crippen LogP contribution is -2.21. The van der Waals surface area contributed by atoms with E-state index in [0.717, 1.165) is 4.68 Å². The van der Waals surface area contributed by atoms with Gasteiger partial charge in [-0.15, -0.1) is 12.4 Å². The molecule has 1 heterocycles. The van der Waals surface area contributed by atoms with Gasteiger partial charge in [0, 0.05) is 23.5 Å². The summed E-state index contributed by atoms with van der Waals surface area (Å²) in [6.45, 7) is 4.39. The number of anilines is 1. The van der Waals surface area contributed by atoms with Crippen LogP contribution in [0, 0.1) is 13.8 Å². The third-order valence-corrected chi connectivity index (χ3v) is 4.10. The summed E-state index contributed by atoms with van der Waals surface area (Å²) in [6.07, 6.45) is -4.38. The number of ether oxygens (including phenoxy) is 1. The first-order valence-corrected chi connectivity index (χ1v) is 8.47. The number of benzene rings is 1. The Morgan fingerprint density at radius 3 is 2.43 bits per heavy atom. The first-order chi connectivity index (χ1) is 12.6. The van der Waals surface area contributed by atoms with E-state index < -0.39 is 18.6 Å². The summed E-state index contributed by atoms with van der Waals surface area (Å²) in [5.74, 6) is -0.352. The van der Waals surface area contributed by atoms with E-state index in [9.17, 15) is 18.0 Å². The van der Waals surface area contributed by atoms with Crippen LogP contribution < -0.4 is 15.8 Å². The van der Waals surface area contributed by atoms with Crippen molar-refractivity contribution < 1.29 is 22.7 Å². The number of halogens is 4. The van der Waals surface area contributed by atoms with Crippen LogP contribution in [0.25, 0.3) is 0 Å². The van der Waals surface area contributed by atoms with Gasteiger partial charge in [-0.1, -0.05) is 0 Å². The summed E-state index contributed by atoms with van der Waals surface area (Å²) in [4.78, 5) is 12.6. The monoisotopic (exact) mass is 420 g/mol. The van der Waals surface area contributed by atoms with Crippen molar-refractivity contribution in [3.8, 4) is 5.75 Å². The highest BCUT2D eigenvalue weighted by atomic mass is 35.5. The van der Waals surface area contributed by atoms with Gasteiger partial charge in [-0.05, 0) is 45.0 Å². The maximum absolute atomic E-state index is 12.7. The maximum Gasteiger partial charge on any atom is 0.408 e. The molecule has 0 aliphatic carbocycles. The van der Waals surface area contributed by atoms with Crippen LogP contribution in [0.5, 0.6) is 5.75 Å². The molecule has 3 N–H and O–H groups in total. The minimum Gasteiger partial charge on any atom is -0.492 e. The lowest BCUT2D eigenvalue weighted by Gasteiger charge is -2.14. The van der Waals surface area contributed by atoms with E-state index in [0.29, 0.717) is 41.5 Å². The summed E-state index contributed by atoms with van der Waals surface area (Å²) >= 11 is 0. The number of carbonyl (C=O) groups is 1. The van der Waals surface area contributed by atoms with E-state index in [1.807, 2.05) is 0 Å². The summed E-state index contributed by atoms with van der Waals surface area (Å²) < 4.78 is 44.2. The molecule has 156 valence electrons. The van der Waals surface area contributed by atoms with Crippen molar-refractivity contribution in [3.63, 3.8) is 0 Å². The largest absolute Gasteiger partial charge is 0.492 e. The minimum absolute atomic E-state index is 0. The molecule has 0 saturated heterocycles. The van der Waals surface area contributed by atoms with Gasteiger partial charge in [0.05, 0.1) is 11.6 Å². The molecule has 1 amide bonds. The molecule has 1 atom stereocenters. The molecule has 1 aromatic heterocycles. The zero-order chi connectivity index (χ0) is 20.2. The van der Waals surface area contributed by atoms with Crippen LogP contribution in [-0.4, -0.2) is 35.0 Å². The normalized spacial score (nSPS) is 12.2. The fourth-order valence-electron chi connectivity index (χ4n) is 2.85.